The summed E-state index contributed by atoms with van der Waals surface area (Å²) in [6.45, 7) is 0. The maximum Gasteiger partial charge on any atom is 0.164 e. The van der Waals surface area contributed by atoms with Crippen LogP contribution < -0.4 is 0 Å². The van der Waals surface area contributed by atoms with Gasteiger partial charge in [-0.25, -0.2) is 29.9 Å². The van der Waals surface area contributed by atoms with Crippen molar-refractivity contribution < 1.29 is 0 Å². The van der Waals surface area contributed by atoms with E-state index in [0.717, 1.165) is 110 Å². The molecule has 0 saturated carbocycles. The average Bonchev–Trinajstić information content (AvgIpc) is 4.41. The highest BCUT2D eigenvalue weighted by Gasteiger charge is 2.20. The van der Waals surface area contributed by atoms with Crippen LogP contribution in [0.15, 0.2) is 255 Å². The van der Waals surface area contributed by atoms with E-state index in [4.69, 9.17) is 40.1 Å². The quantitative estimate of drug-likeness (QED) is 0.133. The molecule has 10 aromatic carbocycles. The van der Waals surface area contributed by atoms with Gasteiger partial charge in [0.15, 0.2) is 34.9 Å². The number of aromatic nitrogens is 10. The first-order valence-corrected chi connectivity index (χ1v) is 26.8. The van der Waals surface area contributed by atoms with Crippen LogP contribution in [-0.2, 0) is 0 Å². The molecule has 0 atom stereocenters. The van der Waals surface area contributed by atoms with E-state index in [0.29, 0.717) is 34.9 Å². The summed E-state index contributed by atoms with van der Waals surface area (Å²) in [6.07, 6.45) is 0. The Labute approximate surface area is 457 Å². The van der Waals surface area contributed by atoms with Crippen LogP contribution in [0.4, 0.5) is 0 Å². The van der Waals surface area contributed by atoms with Gasteiger partial charge in [-0.3, -0.25) is 0 Å². The maximum absolute atomic E-state index is 5.04. The Balaban J connectivity index is 0.775. The normalized spacial score (nSPS) is 11.5. The predicted molar refractivity (Wildman–Crippen MR) is 319 cm³/mol. The summed E-state index contributed by atoms with van der Waals surface area (Å²) in [6, 6.07) is 87.5. The summed E-state index contributed by atoms with van der Waals surface area (Å²) in [5.41, 5.74) is 13.8. The first-order valence-electron chi connectivity index (χ1n) is 26.0. The molecule has 0 fully saturated rings. The highest BCUT2D eigenvalue weighted by atomic mass is 32.1. The zero-order valence-electron chi connectivity index (χ0n) is 42.1. The number of hydrogen-bond acceptors (Lipinski definition) is 9. The lowest BCUT2D eigenvalue weighted by Gasteiger charge is -2.11. The van der Waals surface area contributed by atoms with Crippen LogP contribution in [0.2, 0.25) is 0 Å². The smallest absolute Gasteiger partial charge is 0.164 e. The largest absolute Gasteiger partial charge is 0.309 e. The molecule has 15 rings (SSSR count). The van der Waals surface area contributed by atoms with Crippen molar-refractivity contribution in [2.45, 2.75) is 0 Å². The third-order valence-electron chi connectivity index (χ3n) is 14.4. The molecule has 0 aliphatic carbocycles. The van der Waals surface area contributed by atoms with Gasteiger partial charge in [0.2, 0.25) is 0 Å². The molecular formula is C68H42N10S. The van der Waals surface area contributed by atoms with Crippen molar-refractivity contribution in [2.24, 2.45) is 0 Å². The van der Waals surface area contributed by atoms with Crippen molar-refractivity contribution in [3.05, 3.63) is 255 Å². The number of rotatable bonds is 10. The van der Waals surface area contributed by atoms with E-state index in [1.54, 1.807) is 11.3 Å². The standard InChI is InChI=1S/C68H42N10S/c1-5-19-43(20-6-1)61-69-62(44-21-7-2-8-22-44)72-65(71-61)47-27-17-29-51(39-47)77-57-33-15-13-31-53(57)55-41-49(35-37-59(55)77)67-75-76-68(79-67)50-36-38-60-56(42-50)54-32-14-16-34-58(54)78(60)52-30-18-28-48(40-52)66-73-63(45-23-9-3-10-24-45)70-64(74-66)46-25-11-4-12-26-46/h1-42H. The molecule has 0 unspecified atom stereocenters. The van der Waals surface area contributed by atoms with E-state index in [-0.39, 0.29) is 0 Å². The highest BCUT2D eigenvalue weighted by molar-refractivity contribution is 7.17. The second kappa shape index (κ2) is 19.2. The average molecular weight is 1030 g/mol. The van der Waals surface area contributed by atoms with Crippen LogP contribution in [0.5, 0.6) is 0 Å². The zero-order chi connectivity index (χ0) is 52.2. The van der Waals surface area contributed by atoms with Gasteiger partial charge < -0.3 is 9.13 Å². The summed E-state index contributed by atoms with van der Waals surface area (Å²) >= 11 is 1.60. The van der Waals surface area contributed by atoms with Crippen molar-refractivity contribution in [3.8, 4) is 101 Å². The molecule has 0 saturated heterocycles. The fraction of sp³-hybridized carbons (Fsp3) is 0. The fourth-order valence-electron chi connectivity index (χ4n) is 10.7. The second-order valence-electron chi connectivity index (χ2n) is 19.3. The maximum atomic E-state index is 5.04. The minimum Gasteiger partial charge on any atom is -0.309 e. The molecule has 0 aliphatic rings. The van der Waals surface area contributed by atoms with E-state index in [9.17, 15) is 0 Å². The molecule has 370 valence electrons. The lowest BCUT2D eigenvalue weighted by atomic mass is 10.1. The number of benzene rings is 10. The molecule has 0 N–H and O–H groups in total. The summed E-state index contributed by atoms with van der Waals surface area (Å²) < 4.78 is 4.64. The van der Waals surface area contributed by atoms with Gasteiger partial charge in [-0.1, -0.05) is 193 Å². The van der Waals surface area contributed by atoms with Gasteiger partial charge in [0, 0.05) is 77.4 Å². The van der Waals surface area contributed by atoms with Gasteiger partial charge in [-0.15, -0.1) is 10.2 Å². The Morgan fingerprint density at radius 1 is 0.228 bits per heavy atom. The van der Waals surface area contributed by atoms with Gasteiger partial charge >= 0.3 is 0 Å². The first kappa shape index (κ1) is 45.7. The van der Waals surface area contributed by atoms with Gasteiger partial charge in [0.1, 0.15) is 10.0 Å². The molecule has 5 heterocycles. The Morgan fingerprint density at radius 3 is 0.899 bits per heavy atom. The molecule has 0 spiro atoms. The second-order valence-corrected chi connectivity index (χ2v) is 20.2. The minimum atomic E-state index is 0.604. The first-order chi connectivity index (χ1) is 39.1. The zero-order valence-corrected chi connectivity index (χ0v) is 42.9. The monoisotopic (exact) mass is 1030 g/mol. The molecule has 0 radical (unpaired) electrons. The molecule has 0 aliphatic heterocycles. The van der Waals surface area contributed by atoms with E-state index in [1.807, 2.05) is 121 Å². The highest BCUT2D eigenvalue weighted by Crippen LogP contribution is 2.40. The van der Waals surface area contributed by atoms with Crippen LogP contribution >= 0.6 is 11.3 Å². The Morgan fingerprint density at radius 2 is 0.532 bits per heavy atom. The molecule has 0 bridgehead atoms. The van der Waals surface area contributed by atoms with Gasteiger partial charge in [0.05, 0.1) is 22.1 Å². The fourth-order valence-corrected chi connectivity index (χ4v) is 11.5. The summed E-state index contributed by atoms with van der Waals surface area (Å²) in [4.78, 5) is 30.0. The molecule has 0 amide bonds. The number of nitrogens with zero attached hydrogens (tertiary/aromatic N) is 10. The Hall–Kier alpha value is -10.6. The Bertz CT molecular complexity index is 4370. The summed E-state index contributed by atoms with van der Waals surface area (Å²) in [5.74, 6) is 3.71. The Kier molecular flexibility index (Phi) is 11.1. The van der Waals surface area contributed by atoms with Crippen molar-refractivity contribution in [1.29, 1.82) is 0 Å². The van der Waals surface area contributed by atoms with Crippen LogP contribution in [0.1, 0.15) is 0 Å². The van der Waals surface area contributed by atoms with Crippen LogP contribution in [0.25, 0.3) is 144 Å². The van der Waals surface area contributed by atoms with E-state index in [2.05, 4.69) is 143 Å². The van der Waals surface area contributed by atoms with Crippen molar-refractivity contribution >= 4 is 54.9 Å². The lowest BCUT2D eigenvalue weighted by molar-refractivity contribution is 1.07. The van der Waals surface area contributed by atoms with Gasteiger partial charge in [-0.05, 0) is 72.8 Å². The predicted octanol–water partition coefficient (Wildman–Crippen LogP) is 16.4. The van der Waals surface area contributed by atoms with Crippen molar-refractivity contribution in [1.82, 2.24) is 49.2 Å². The summed E-state index contributed by atoms with van der Waals surface area (Å²) in [7, 11) is 0. The minimum absolute atomic E-state index is 0.604. The molecule has 79 heavy (non-hydrogen) atoms. The molecule has 5 aromatic heterocycles. The van der Waals surface area contributed by atoms with E-state index >= 15 is 0 Å². The van der Waals surface area contributed by atoms with E-state index < -0.39 is 0 Å². The number of fused-ring (bicyclic) bond motifs is 6. The number of para-hydroxylation sites is 2. The van der Waals surface area contributed by atoms with Crippen molar-refractivity contribution in [3.63, 3.8) is 0 Å². The lowest BCUT2D eigenvalue weighted by Crippen LogP contribution is -2.01. The number of hydrogen-bond donors (Lipinski definition) is 0. The third kappa shape index (κ3) is 8.29. The molecular weight excluding hydrogens is 989 g/mol. The molecule has 15 aromatic rings. The molecule has 11 heteroatoms. The SMILES string of the molecule is c1ccc(-c2nc(-c3ccccc3)nc(-c3cccc(-n4c5ccccc5c5cc(-c6nnc(-c7ccc8c(c7)c7ccccc7n8-c7cccc(-c8nc(-c9ccccc9)nc(-c9ccccc9)n8)c7)s6)ccc54)c3)n2)cc1. The summed E-state index contributed by atoms with van der Waals surface area (Å²) in [5, 5.41) is 15.9. The van der Waals surface area contributed by atoms with Gasteiger partial charge in [0.25, 0.3) is 0 Å². The molecule has 10 nitrogen and oxygen atoms in total. The third-order valence-corrected chi connectivity index (χ3v) is 15.4. The van der Waals surface area contributed by atoms with Crippen molar-refractivity contribution in [2.75, 3.05) is 0 Å². The van der Waals surface area contributed by atoms with E-state index in [1.165, 1.54) is 0 Å². The topological polar surface area (TPSA) is 113 Å². The van der Waals surface area contributed by atoms with Crippen LogP contribution in [0.3, 0.4) is 0 Å². The van der Waals surface area contributed by atoms with Crippen LogP contribution in [-0.4, -0.2) is 49.2 Å². The van der Waals surface area contributed by atoms with Crippen LogP contribution in [0, 0.1) is 0 Å². The van der Waals surface area contributed by atoms with Gasteiger partial charge in [-0.2, -0.15) is 0 Å².